The zero-order valence-electron chi connectivity index (χ0n) is 14.4. The van der Waals surface area contributed by atoms with E-state index < -0.39 is 11.5 Å². The molecular formula is C19H20ClN3O3. The average Bonchev–Trinajstić information content (AvgIpc) is 2.66. The van der Waals surface area contributed by atoms with E-state index in [9.17, 15) is 14.7 Å². The minimum absolute atomic E-state index is 0.224. The van der Waals surface area contributed by atoms with Gasteiger partial charge in [-0.15, -0.1) is 0 Å². The molecule has 3 rings (SSSR count). The van der Waals surface area contributed by atoms with Crippen molar-refractivity contribution in [3.63, 3.8) is 0 Å². The highest BCUT2D eigenvalue weighted by atomic mass is 35.5. The summed E-state index contributed by atoms with van der Waals surface area (Å²) in [4.78, 5) is 33.2. The highest BCUT2D eigenvalue weighted by molar-refractivity contribution is 6.30. The summed E-state index contributed by atoms with van der Waals surface area (Å²) in [5.41, 5.74) is 0.934. The first-order valence-corrected chi connectivity index (χ1v) is 8.93. The SMILES string of the molecule is CCC(NC(=O)C1CCc2ncncc2C1)(C(=O)O)c1ccc(Cl)cc1. The summed E-state index contributed by atoms with van der Waals surface area (Å²) in [5, 5.41) is 13.2. The Kier molecular flexibility index (Phi) is 5.23. The number of halogens is 1. The fourth-order valence-electron chi connectivity index (χ4n) is 3.42. The lowest BCUT2D eigenvalue weighted by Gasteiger charge is -2.33. The lowest BCUT2D eigenvalue weighted by Crippen LogP contribution is -2.53. The molecule has 7 heteroatoms. The summed E-state index contributed by atoms with van der Waals surface area (Å²) >= 11 is 5.91. The molecule has 1 aliphatic carbocycles. The van der Waals surface area contributed by atoms with E-state index in [2.05, 4.69) is 15.3 Å². The van der Waals surface area contributed by atoms with Crippen LogP contribution in [0.1, 0.15) is 36.6 Å². The van der Waals surface area contributed by atoms with Crippen LogP contribution in [-0.2, 0) is 28.0 Å². The Labute approximate surface area is 156 Å². The van der Waals surface area contributed by atoms with E-state index in [1.165, 1.54) is 6.33 Å². The Balaban J connectivity index is 1.84. The molecule has 26 heavy (non-hydrogen) atoms. The van der Waals surface area contributed by atoms with Gasteiger partial charge in [-0.1, -0.05) is 30.7 Å². The van der Waals surface area contributed by atoms with Crippen LogP contribution in [-0.4, -0.2) is 27.0 Å². The maximum absolute atomic E-state index is 12.9. The van der Waals surface area contributed by atoms with Crippen LogP contribution in [0.3, 0.4) is 0 Å². The number of nitrogens with one attached hydrogen (secondary N) is 1. The average molecular weight is 374 g/mol. The molecule has 0 saturated carbocycles. The lowest BCUT2D eigenvalue weighted by molar-refractivity contribution is -0.149. The Hall–Kier alpha value is -2.47. The number of aliphatic carboxylic acids is 1. The molecule has 2 unspecified atom stereocenters. The first-order valence-electron chi connectivity index (χ1n) is 8.55. The molecule has 0 fully saturated rings. The number of aryl methyl sites for hydroxylation is 1. The Bertz CT molecular complexity index is 825. The van der Waals surface area contributed by atoms with Crippen LogP contribution >= 0.6 is 11.6 Å². The van der Waals surface area contributed by atoms with Crippen molar-refractivity contribution >= 4 is 23.5 Å². The van der Waals surface area contributed by atoms with Gasteiger partial charge in [0.25, 0.3) is 0 Å². The van der Waals surface area contributed by atoms with Crippen LogP contribution in [0, 0.1) is 5.92 Å². The fourth-order valence-corrected chi connectivity index (χ4v) is 3.55. The predicted molar refractivity (Wildman–Crippen MR) is 96.7 cm³/mol. The maximum Gasteiger partial charge on any atom is 0.334 e. The van der Waals surface area contributed by atoms with Gasteiger partial charge in [0.05, 0.1) is 0 Å². The molecule has 1 aromatic heterocycles. The van der Waals surface area contributed by atoms with Crippen LogP contribution in [0.2, 0.25) is 5.02 Å². The molecule has 1 aromatic carbocycles. The number of hydrogen-bond donors (Lipinski definition) is 2. The van der Waals surface area contributed by atoms with Crippen molar-refractivity contribution in [1.29, 1.82) is 0 Å². The number of amides is 1. The lowest BCUT2D eigenvalue weighted by atomic mass is 9.83. The second-order valence-electron chi connectivity index (χ2n) is 6.49. The van der Waals surface area contributed by atoms with Crippen molar-refractivity contribution in [2.75, 3.05) is 0 Å². The molecule has 1 aliphatic rings. The molecule has 2 N–H and O–H groups in total. The maximum atomic E-state index is 12.9. The van der Waals surface area contributed by atoms with Gasteiger partial charge in [-0.2, -0.15) is 0 Å². The molecule has 0 aliphatic heterocycles. The van der Waals surface area contributed by atoms with Gasteiger partial charge in [0.2, 0.25) is 5.91 Å². The van der Waals surface area contributed by atoms with Crippen molar-refractivity contribution in [2.45, 2.75) is 38.1 Å². The molecule has 0 saturated heterocycles. The Morgan fingerprint density at radius 1 is 1.35 bits per heavy atom. The number of nitrogens with zero attached hydrogens (tertiary/aromatic N) is 2. The van der Waals surface area contributed by atoms with Crippen molar-refractivity contribution < 1.29 is 14.7 Å². The number of rotatable bonds is 5. The van der Waals surface area contributed by atoms with Crippen molar-refractivity contribution in [2.24, 2.45) is 5.92 Å². The predicted octanol–water partition coefficient (Wildman–Crippen LogP) is 2.74. The molecule has 136 valence electrons. The van der Waals surface area contributed by atoms with Gasteiger partial charge in [-0.05, 0) is 48.9 Å². The minimum atomic E-state index is -1.48. The van der Waals surface area contributed by atoms with E-state index in [1.807, 2.05) is 0 Å². The number of aromatic nitrogens is 2. The first kappa shape index (κ1) is 18.3. The summed E-state index contributed by atoms with van der Waals surface area (Å²) in [7, 11) is 0. The Morgan fingerprint density at radius 3 is 2.73 bits per heavy atom. The molecule has 6 nitrogen and oxygen atoms in total. The number of carboxylic acids is 1. The molecule has 0 spiro atoms. The summed E-state index contributed by atoms with van der Waals surface area (Å²) in [6, 6.07) is 6.55. The molecule has 1 amide bonds. The summed E-state index contributed by atoms with van der Waals surface area (Å²) in [5.74, 6) is -1.65. The molecular weight excluding hydrogens is 354 g/mol. The Morgan fingerprint density at radius 2 is 2.08 bits per heavy atom. The smallest absolute Gasteiger partial charge is 0.334 e. The molecule has 2 atom stereocenters. The topological polar surface area (TPSA) is 92.2 Å². The van der Waals surface area contributed by atoms with Crippen LogP contribution < -0.4 is 5.32 Å². The first-order chi connectivity index (χ1) is 12.5. The summed E-state index contributed by atoms with van der Waals surface area (Å²) in [6.45, 7) is 1.74. The highest BCUT2D eigenvalue weighted by Crippen LogP contribution is 2.29. The standard InChI is InChI=1S/C19H20ClN3O3/c1-2-19(18(25)26,14-4-6-15(20)7-5-14)23-17(24)12-3-8-16-13(9-12)10-21-11-22-16/h4-7,10-12H,2-3,8-9H2,1H3,(H,23,24)(H,25,26). The van der Waals surface area contributed by atoms with Crippen LogP contribution in [0.15, 0.2) is 36.8 Å². The van der Waals surface area contributed by atoms with Crippen molar-refractivity contribution in [3.8, 4) is 0 Å². The van der Waals surface area contributed by atoms with E-state index in [0.717, 1.165) is 11.3 Å². The number of fused-ring (bicyclic) bond motifs is 1. The zero-order valence-corrected chi connectivity index (χ0v) is 15.2. The third-order valence-electron chi connectivity index (χ3n) is 5.02. The highest BCUT2D eigenvalue weighted by Gasteiger charge is 2.42. The molecule has 0 radical (unpaired) electrons. The summed E-state index contributed by atoms with van der Waals surface area (Å²) < 4.78 is 0. The third kappa shape index (κ3) is 3.42. The number of carboxylic acid groups (broad SMARTS) is 1. The van der Waals surface area contributed by atoms with Crippen LogP contribution in [0.25, 0.3) is 0 Å². The normalized spacial score (nSPS) is 18.5. The van der Waals surface area contributed by atoms with E-state index in [1.54, 1.807) is 37.4 Å². The number of carbonyl (C=O) groups is 2. The zero-order chi connectivity index (χ0) is 18.7. The minimum Gasteiger partial charge on any atom is -0.479 e. The fraction of sp³-hybridized carbons (Fsp3) is 0.368. The van der Waals surface area contributed by atoms with Gasteiger partial charge in [-0.25, -0.2) is 14.8 Å². The van der Waals surface area contributed by atoms with E-state index >= 15 is 0 Å². The second kappa shape index (κ2) is 7.41. The van der Waals surface area contributed by atoms with Crippen LogP contribution in [0.4, 0.5) is 0 Å². The largest absolute Gasteiger partial charge is 0.479 e. The van der Waals surface area contributed by atoms with Gasteiger partial charge in [0.15, 0.2) is 5.54 Å². The number of benzene rings is 1. The third-order valence-corrected chi connectivity index (χ3v) is 5.27. The molecule has 2 aromatic rings. The van der Waals surface area contributed by atoms with Gasteiger partial charge in [0.1, 0.15) is 6.33 Å². The van der Waals surface area contributed by atoms with E-state index in [-0.39, 0.29) is 18.2 Å². The van der Waals surface area contributed by atoms with Crippen molar-refractivity contribution in [1.82, 2.24) is 15.3 Å². The monoisotopic (exact) mass is 373 g/mol. The number of hydrogen-bond acceptors (Lipinski definition) is 4. The van der Waals surface area contributed by atoms with E-state index in [0.29, 0.717) is 29.8 Å². The quantitative estimate of drug-likeness (QED) is 0.840. The summed E-state index contributed by atoms with van der Waals surface area (Å²) in [6.07, 6.45) is 5.29. The van der Waals surface area contributed by atoms with Gasteiger partial charge < -0.3 is 10.4 Å². The van der Waals surface area contributed by atoms with Gasteiger partial charge in [-0.3, -0.25) is 4.79 Å². The van der Waals surface area contributed by atoms with Gasteiger partial charge in [0, 0.05) is 22.8 Å². The van der Waals surface area contributed by atoms with Gasteiger partial charge >= 0.3 is 5.97 Å². The number of carbonyl (C=O) groups excluding carboxylic acids is 1. The van der Waals surface area contributed by atoms with E-state index in [4.69, 9.17) is 11.6 Å². The van der Waals surface area contributed by atoms with Crippen molar-refractivity contribution in [3.05, 3.63) is 58.6 Å². The molecule has 0 bridgehead atoms. The second-order valence-corrected chi connectivity index (χ2v) is 6.93. The molecule has 1 heterocycles. The van der Waals surface area contributed by atoms with Crippen LogP contribution in [0.5, 0.6) is 0 Å².